The maximum atomic E-state index is 5.06. The smallest absolute Gasteiger partial charge is 0.164 e. The van der Waals surface area contributed by atoms with E-state index in [4.69, 9.17) is 15.0 Å². The molecule has 0 fully saturated rings. The molecule has 0 aliphatic heterocycles. The Morgan fingerprint density at radius 3 is 1.45 bits per heavy atom. The first-order valence-corrected chi connectivity index (χ1v) is 18.9. The molecule has 3 aromatic heterocycles. The highest BCUT2D eigenvalue weighted by atomic mass is 15.0. The van der Waals surface area contributed by atoms with Crippen LogP contribution in [0.2, 0.25) is 0 Å². The molecule has 0 aliphatic rings. The molecule has 0 radical (unpaired) electrons. The Morgan fingerprint density at radius 1 is 0.286 bits per heavy atom. The highest BCUT2D eigenvalue weighted by Crippen LogP contribution is 2.41. The van der Waals surface area contributed by atoms with Gasteiger partial charge < -0.3 is 9.13 Å². The summed E-state index contributed by atoms with van der Waals surface area (Å²) in [5.41, 5.74) is 12.0. The Hall–Kier alpha value is -7.63. The van der Waals surface area contributed by atoms with E-state index in [1.807, 2.05) is 60.7 Å². The van der Waals surface area contributed by atoms with Crippen molar-refractivity contribution < 1.29 is 0 Å². The molecule has 0 amide bonds. The topological polar surface area (TPSA) is 48.5 Å². The van der Waals surface area contributed by atoms with Crippen molar-refractivity contribution in [3.63, 3.8) is 0 Å². The molecule has 0 saturated carbocycles. The summed E-state index contributed by atoms with van der Waals surface area (Å²) >= 11 is 0. The lowest BCUT2D eigenvalue weighted by Gasteiger charge is -2.14. The van der Waals surface area contributed by atoms with Crippen molar-refractivity contribution in [2.75, 3.05) is 0 Å². The van der Waals surface area contributed by atoms with Gasteiger partial charge >= 0.3 is 0 Å². The average molecular weight is 716 g/mol. The summed E-state index contributed by atoms with van der Waals surface area (Å²) in [6.45, 7) is 0. The number of rotatable bonds is 6. The molecular weight excluding hydrogens is 683 g/mol. The zero-order valence-corrected chi connectivity index (χ0v) is 30.3. The van der Waals surface area contributed by atoms with Gasteiger partial charge in [-0.1, -0.05) is 152 Å². The summed E-state index contributed by atoms with van der Waals surface area (Å²) in [7, 11) is 0. The summed E-state index contributed by atoms with van der Waals surface area (Å²) in [6, 6.07) is 70.4. The summed E-state index contributed by atoms with van der Waals surface area (Å²) in [5, 5.41) is 4.86. The van der Waals surface area contributed by atoms with Crippen LogP contribution in [-0.2, 0) is 0 Å². The van der Waals surface area contributed by atoms with E-state index in [-0.39, 0.29) is 0 Å². The number of nitrogens with zero attached hydrogens (tertiary/aromatic N) is 5. The Labute approximate surface area is 323 Å². The molecule has 8 aromatic carbocycles. The van der Waals surface area contributed by atoms with Crippen molar-refractivity contribution >= 4 is 43.6 Å². The third kappa shape index (κ3) is 5.21. The molecule has 0 atom stereocenters. The van der Waals surface area contributed by atoms with Gasteiger partial charge in [0.15, 0.2) is 17.5 Å². The van der Waals surface area contributed by atoms with Crippen LogP contribution in [0.5, 0.6) is 0 Å². The van der Waals surface area contributed by atoms with Gasteiger partial charge in [0.1, 0.15) is 0 Å². The first kappa shape index (κ1) is 31.9. The number of benzene rings is 8. The van der Waals surface area contributed by atoms with Crippen LogP contribution >= 0.6 is 0 Å². The first-order valence-electron chi connectivity index (χ1n) is 18.9. The van der Waals surface area contributed by atoms with E-state index in [2.05, 4.69) is 149 Å². The normalized spacial score (nSPS) is 11.6. The zero-order chi connectivity index (χ0) is 37.0. The molecule has 0 bridgehead atoms. The van der Waals surface area contributed by atoms with Crippen molar-refractivity contribution in [1.82, 2.24) is 24.1 Å². The highest BCUT2D eigenvalue weighted by molar-refractivity contribution is 6.15. The van der Waals surface area contributed by atoms with E-state index in [0.29, 0.717) is 17.5 Å². The molecule has 56 heavy (non-hydrogen) atoms. The number of aromatic nitrogens is 5. The first-order chi connectivity index (χ1) is 27.8. The van der Waals surface area contributed by atoms with Crippen molar-refractivity contribution in [2.45, 2.75) is 0 Å². The molecule has 5 nitrogen and oxygen atoms in total. The second-order valence-corrected chi connectivity index (χ2v) is 14.1. The van der Waals surface area contributed by atoms with Gasteiger partial charge in [0.25, 0.3) is 0 Å². The Morgan fingerprint density at radius 2 is 0.768 bits per heavy atom. The second kappa shape index (κ2) is 13.0. The van der Waals surface area contributed by atoms with Crippen molar-refractivity contribution in [3.05, 3.63) is 200 Å². The lowest BCUT2D eigenvalue weighted by Crippen LogP contribution is -2.01. The molecular formula is C51H33N5. The van der Waals surface area contributed by atoms with Gasteiger partial charge in [0.05, 0.1) is 22.1 Å². The van der Waals surface area contributed by atoms with Gasteiger partial charge in [-0.15, -0.1) is 0 Å². The Kier molecular flexibility index (Phi) is 7.42. The lowest BCUT2D eigenvalue weighted by atomic mass is 9.99. The molecule has 3 heterocycles. The van der Waals surface area contributed by atoms with E-state index >= 15 is 0 Å². The minimum absolute atomic E-state index is 0.626. The number of hydrogen-bond donors (Lipinski definition) is 0. The third-order valence-corrected chi connectivity index (χ3v) is 10.8. The van der Waals surface area contributed by atoms with Crippen molar-refractivity contribution in [1.29, 1.82) is 0 Å². The van der Waals surface area contributed by atoms with Crippen LogP contribution < -0.4 is 0 Å². The van der Waals surface area contributed by atoms with Crippen LogP contribution in [0.1, 0.15) is 0 Å². The van der Waals surface area contributed by atoms with Crippen LogP contribution in [0.3, 0.4) is 0 Å². The van der Waals surface area contributed by atoms with Gasteiger partial charge in [0.2, 0.25) is 0 Å². The predicted octanol–water partition coefficient (Wildman–Crippen LogP) is 12.7. The van der Waals surface area contributed by atoms with Crippen LogP contribution in [0.4, 0.5) is 0 Å². The summed E-state index contributed by atoms with van der Waals surface area (Å²) < 4.78 is 4.77. The molecule has 0 aliphatic carbocycles. The molecule has 0 spiro atoms. The molecule has 0 saturated heterocycles. The maximum absolute atomic E-state index is 5.06. The fraction of sp³-hybridized carbons (Fsp3) is 0. The maximum Gasteiger partial charge on any atom is 0.164 e. The standard InChI is InChI=1S/C51H33N5/c1-4-16-34(17-5-1)49-52-50(35-18-6-2-7-19-35)54-51(53-49)37-20-14-23-39(32-37)56-46-29-13-10-24-41(46)43-27-15-26-40(48(43)56)36-30-31-47-44(33-36)42-25-11-12-28-45(42)55(47)38-21-8-3-9-22-38/h1-33H. The summed E-state index contributed by atoms with van der Waals surface area (Å²) in [5.74, 6) is 1.91. The molecule has 11 aromatic rings. The minimum atomic E-state index is 0.626. The number of para-hydroxylation sites is 4. The van der Waals surface area contributed by atoms with E-state index in [0.717, 1.165) is 44.7 Å². The lowest BCUT2D eigenvalue weighted by molar-refractivity contribution is 1.07. The SMILES string of the molecule is c1ccc(-c2nc(-c3ccccc3)nc(-c3cccc(-n4c5ccccc5c5cccc(-c6ccc7c(c6)c6ccccc6n7-c6ccccc6)c54)c3)n2)cc1. The predicted molar refractivity (Wildman–Crippen MR) is 230 cm³/mol. The van der Waals surface area contributed by atoms with Crippen LogP contribution in [0.15, 0.2) is 200 Å². The van der Waals surface area contributed by atoms with E-state index in [1.54, 1.807) is 0 Å². The molecule has 262 valence electrons. The van der Waals surface area contributed by atoms with Crippen molar-refractivity contribution in [2.24, 2.45) is 0 Å². The fourth-order valence-corrected chi connectivity index (χ4v) is 8.24. The molecule has 0 N–H and O–H groups in total. The van der Waals surface area contributed by atoms with Crippen molar-refractivity contribution in [3.8, 4) is 56.7 Å². The summed E-state index contributed by atoms with van der Waals surface area (Å²) in [6.07, 6.45) is 0. The number of fused-ring (bicyclic) bond motifs is 6. The van der Waals surface area contributed by atoms with Gasteiger partial charge in [-0.2, -0.15) is 0 Å². The fourth-order valence-electron chi connectivity index (χ4n) is 8.24. The van der Waals surface area contributed by atoms with Crippen LogP contribution in [0.25, 0.3) is 100 Å². The minimum Gasteiger partial charge on any atom is -0.309 e. The molecule has 11 rings (SSSR count). The monoisotopic (exact) mass is 715 g/mol. The Bertz CT molecular complexity index is 3180. The Balaban J connectivity index is 1.12. The quantitative estimate of drug-likeness (QED) is 0.172. The third-order valence-electron chi connectivity index (χ3n) is 10.8. The number of hydrogen-bond acceptors (Lipinski definition) is 3. The van der Waals surface area contributed by atoms with Gasteiger partial charge in [0, 0.05) is 55.2 Å². The zero-order valence-electron chi connectivity index (χ0n) is 30.3. The van der Waals surface area contributed by atoms with E-state index in [9.17, 15) is 0 Å². The van der Waals surface area contributed by atoms with Gasteiger partial charge in [-0.25, -0.2) is 15.0 Å². The van der Waals surface area contributed by atoms with Gasteiger partial charge in [-0.05, 0) is 54.1 Å². The molecule has 5 heteroatoms. The van der Waals surface area contributed by atoms with Crippen LogP contribution in [-0.4, -0.2) is 24.1 Å². The van der Waals surface area contributed by atoms with Gasteiger partial charge in [-0.3, -0.25) is 0 Å². The van der Waals surface area contributed by atoms with E-state index in [1.165, 1.54) is 38.1 Å². The summed E-state index contributed by atoms with van der Waals surface area (Å²) in [4.78, 5) is 15.0. The second-order valence-electron chi connectivity index (χ2n) is 14.1. The van der Waals surface area contributed by atoms with Crippen LogP contribution in [0, 0.1) is 0 Å². The molecule has 0 unspecified atom stereocenters. The highest BCUT2D eigenvalue weighted by Gasteiger charge is 2.20. The largest absolute Gasteiger partial charge is 0.309 e. The average Bonchev–Trinajstić information content (AvgIpc) is 3.80. The van der Waals surface area contributed by atoms with E-state index < -0.39 is 0 Å².